The highest BCUT2D eigenvalue weighted by Gasteiger charge is 2.24. The number of para-hydroxylation sites is 2. The van der Waals surface area contributed by atoms with E-state index < -0.39 is 0 Å². The van der Waals surface area contributed by atoms with Gasteiger partial charge in [-0.15, -0.1) is 0 Å². The lowest BCUT2D eigenvalue weighted by atomic mass is 9.97. The summed E-state index contributed by atoms with van der Waals surface area (Å²) in [7, 11) is 0. The Hall–Kier alpha value is -7.36. The predicted octanol–water partition coefficient (Wildman–Crippen LogP) is 12.8. The standard InChI is InChI=1S/C52H40N6/c1-30-15-19-39(32(3)23-30)36-17-21-43-41-11-7-9-13-46(41)57(49(43)25-36)48-28-45(52-55-34(5)54-35(6)56-52)51(27-38(48)29-53)58-47-14-10-8-12-42(47)44-22-18-37(26-50(44)58)40-20-16-31(2)24-33(40)4/h7-28H,1-6H3. The van der Waals surface area contributed by atoms with Gasteiger partial charge in [0, 0.05) is 27.1 Å². The maximum atomic E-state index is 11.2. The average molecular weight is 749 g/mol. The molecule has 278 valence electrons. The van der Waals surface area contributed by atoms with Crippen molar-refractivity contribution >= 4 is 43.6 Å². The lowest BCUT2D eigenvalue weighted by Gasteiger charge is -2.18. The van der Waals surface area contributed by atoms with Gasteiger partial charge in [0.05, 0.1) is 39.0 Å². The molecular weight excluding hydrogens is 709 g/mol. The lowest BCUT2D eigenvalue weighted by Crippen LogP contribution is -2.07. The third-order valence-corrected chi connectivity index (χ3v) is 11.5. The number of nitrogens with zero attached hydrogens (tertiary/aromatic N) is 6. The highest BCUT2D eigenvalue weighted by Crippen LogP contribution is 2.42. The molecule has 6 nitrogen and oxygen atoms in total. The minimum absolute atomic E-state index is 0.539. The first-order valence-electron chi connectivity index (χ1n) is 19.7. The van der Waals surface area contributed by atoms with Crippen LogP contribution in [-0.2, 0) is 0 Å². The van der Waals surface area contributed by atoms with E-state index in [2.05, 4.69) is 175 Å². The Bertz CT molecular complexity index is 3350. The number of hydrogen-bond donors (Lipinski definition) is 0. The molecule has 3 heterocycles. The largest absolute Gasteiger partial charge is 0.308 e. The first-order valence-corrected chi connectivity index (χ1v) is 19.7. The summed E-state index contributed by atoms with van der Waals surface area (Å²) in [4.78, 5) is 14.5. The Kier molecular flexibility index (Phi) is 8.10. The number of aromatic nitrogens is 5. The van der Waals surface area contributed by atoms with Crippen LogP contribution in [-0.4, -0.2) is 24.1 Å². The summed E-state index contributed by atoms with van der Waals surface area (Å²) < 4.78 is 4.53. The van der Waals surface area contributed by atoms with Gasteiger partial charge >= 0.3 is 0 Å². The SMILES string of the molecule is Cc1ccc(-c2ccc3c4ccccc4n(-c4cc(-c5nc(C)nc(C)n5)c(-n5c6ccccc6c6ccc(-c7ccc(C)cc7C)cc65)cc4C#N)c3c2)c(C)c1. The third kappa shape index (κ3) is 5.58. The zero-order valence-electron chi connectivity index (χ0n) is 33.4. The van der Waals surface area contributed by atoms with E-state index >= 15 is 0 Å². The van der Waals surface area contributed by atoms with Crippen LogP contribution in [0.4, 0.5) is 0 Å². The summed E-state index contributed by atoms with van der Waals surface area (Å²) in [5.41, 5.74) is 16.6. The van der Waals surface area contributed by atoms with Gasteiger partial charge in [0.2, 0.25) is 0 Å². The molecule has 0 aliphatic carbocycles. The van der Waals surface area contributed by atoms with Crippen molar-refractivity contribution in [1.82, 2.24) is 24.1 Å². The first-order chi connectivity index (χ1) is 28.2. The van der Waals surface area contributed by atoms with Crippen LogP contribution in [0.25, 0.3) is 88.6 Å². The molecule has 6 heteroatoms. The van der Waals surface area contributed by atoms with Gasteiger partial charge in [-0.25, -0.2) is 15.0 Å². The molecule has 0 unspecified atom stereocenters. The summed E-state index contributed by atoms with van der Waals surface area (Å²) in [6.45, 7) is 12.4. The fraction of sp³-hybridized carbons (Fsp3) is 0.115. The molecular formula is C52H40N6. The van der Waals surface area contributed by atoms with Crippen LogP contribution in [0.2, 0.25) is 0 Å². The molecule has 0 aliphatic heterocycles. The van der Waals surface area contributed by atoms with Gasteiger partial charge in [-0.1, -0.05) is 108 Å². The zero-order chi connectivity index (χ0) is 39.8. The Balaban J connectivity index is 1.31. The number of nitriles is 1. The molecule has 0 atom stereocenters. The number of hydrogen-bond acceptors (Lipinski definition) is 4. The van der Waals surface area contributed by atoms with Crippen molar-refractivity contribution in [3.63, 3.8) is 0 Å². The maximum absolute atomic E-state index is 11.2. The van der Waals surface area contributed by atoms with Gasteiger partial charge in [-0.2, -0.15) is 5.26 Å². The monoisotopic (exact) mass is 748 g/mol. The van der Waals surface area contributed by atoms with E-state index in [0.717, 1.165) is 71.7 Å². The van der Waals surface area contributed by atoms with Crippen molar-refractivity contribution in [2.75, 3.05) is 0 Å². The lowest BCUT2D eigenvalue weighted by molar-refractivity contribution is 0.926. The highest BCUT2D eigenvalue weighted by atomic mass is 15.1. The Morgan fingerprint density at radius 2 is 0.914 bits per heavy atom. The Morgan fingerprint density at radius 3 is 1.41 bits per heavy atom. The van der Waals surface area contributed by atoms with E-state index in [4.69, 9.17) is 9.97 Å². The van der Waals surface area contributed by atoms with Crippen molar-refractivity contribution in [2.45, 2.75) is 41.5 Å². The average Bonchev–Trinajstić information content (AvgIpc) is 3.72. The predicted molar refractivity (Wildman–Crippen MR) is 238 cm³/mol. The van der Waals surface area contributed by atoms with Gasteiger partial charge in [0.1, 0.15) is 17.7 Å². The molecule has 7 aromatic carbocycles. The molecule has 0 fully saturated rings. The molecule has 10 rings (SSSR count). The van der Waals surface area contributed by atoms with Crippen molar-refractivity contribution in [3.8, 4) is 51.1 Å². The Morgan fingerprint density at radius 1 is 0.431 bits per heavy atom. The smallest absolute Gasteiger partial charge is 0.165 e. The molecule has 3 aromatic heterocycles. The quantitative estimate of drug-likeness (QED) is 0.176. The molecule has 58 heavy (non-hydrogen) atoms. The molecule has 0 bridgehead atoms. The van der Waals surface area contributed by atoms with Gasteiger partial charge in [-0.3, -0.25) is 0 Å². The van der Waals surface area contributed by atoms with Crippen molar-refractivity contribution in [3.05, 3.63) is 173 Å². The maximum Gasteiger partial charge on any atom is 0.165 e. The minimum atomic E-state index is 0.539. The summed E-state index contributed by atoms with van der Waals surface area (Å²) in [5.74, 6) is 1.82. The van der Waals surface area contributed by atoms with E-state index in [1.54, 1.807) is 0 Å². The number of aryl methyl sites for hydroxylation is 6. The molecule has 10 aromatic rings. The van der Waals surface area contributed by atoms with Gasteiger partial charge < -0.3 is 9.13 Å². The normalized spacial score (nSPS) is 11.6. The zero-order valence-corrected chi connectivity index (χ0v) is 33.4. The van der Waals surface area contributed by atoms with Gasteiger partial charge in [-0.05, 0) is 111 Å². The van der Waals surface area contributed by atoms with E-state index in [1.807, 2.05) is 19.9 Å². The van der Waals surface area contributed by atoms with Crippen molar-refractivity contribution in [2.24, 2.45) is 0 Å². The topological polar surface area (TPSA) is 72.3 Å². The number of benzene rings is 7. The van der Waals surface area contributed by atoms with E-state index in [1.165, 1.54) is 33.4 Å². The van der Waals surface area contributed by atoms with Crippen LogP contribution in [0.3, 0.4) is 0 Å². The summed E-state index contributed by atoms with van der Waals surface area (Å²) in [6.07, 6.45) is 0. The number of rotatable bonds is 5. The highest BCUT2D eigenvalue weighted by molar-refractivity contribution is 6.12. The van der Waals surface area contributed by atoms with Crippen LogP contribution in [0, 0.1) is 52.9 Å². The minimum Gasteiger partial charge on any atom is -0.308 e. The van der Waals surface area contributed by atoms with Crippen molar-refractivity contribution < 1.29 is 0 Å². The molecule has 0 N–H and O–H groups in total. The second kappa shape index (κ2) is 13.4. The molecule has 0 amide bonds. The van der Waals surface area contributed by atoms with Crippen LogP contribution in [0.5, 0.6) is 0 Å². The van der Waals surface area contributed by atoms with Crippen molar-refractivity contribution in [1.29, 1.82) is 5.26 Å². The van der Waals surface area contributed by atoms with Crippen LogP contribution in [0.15, 0.2) is 133 Å². The summed E-state index contributed by atoms with van der Waals surface area (Å²) >= 11 is 0. The molecule has 0 saturated carbocycles. The third-order valence-electron chi connectivity index (χ3n) is 11.5. The van der Waals surface area contributed by atoms with E-state index in [9.17, 15) is 5.26 Å². The molecule has 0 spiro atoms. The first kappa shape index (κ1) is 35.1. The summed E-state index contributed by atoms with van der Waals surface area (Å²) in [5, 5.41) is 15.7. The second-order valence-electron chi connectivity index (χ2n) is 15.6. The van der Waals surface area contributed by atoms with E-state index in [0.29, 0.717) is 23.0 Å². The number of fused-ring (bicyclic) bond motifs is 6. The Labute approximate surface area is 337 Å². The fourth-order valence-corrected chi connectivity index (χ4v) is 9.02. The van der Waals surface area contributed by atoms with Crippen LogP contribution >= 0.6 is 0 Å². The summed E-state index contributed by atoms with van der Waals surface area (Å²) in [6, 6.07) is 50.3. The second-order valence-corrected chi connectivity index (χ2v) is 15.6. The van der Waals surface area contributed by atoms with E-state index in [-0.39, 0.29) is 0 Å². The van der Waals surface area contributed by atoms with Crippen LogP contribution in [0.1, 0.15) is 39.5 Å². The fourth-order valence-electron chi connectivity index (χ4n) is 9.02. The van der Waals surface area contributed by atoms with Gasteiger partial charge in [0.25, 0.3) is 0 Å². The molecule has 0 saturated heterocycles. The molecule has 0 aliphatic rings. The van der Waals surface area contributed by atoms with Gasteiger partial charge in [0.15, 0.2) is 5.82 Å². The van der Waals surface area contributed by atoms with Crippen LogP contribution < -0.4 is 0 Å². The molecule has 0 radical (unpaired) electrons.